The molecule has 0 saturated carbocycles. The zero-order valence-corrected chi connectivity index (χ0v) is 8.96. The minimum absolute atomic E-state index is 0.121. The lowest BCUT2D eigenvalue weighted by Gasteiger charge is -2.06. The maximum atomic E-state index is 10.7. The molecule has 0 unspecified atom stereocenters. The van der Waals surface area contributed by atoms with E-state index in [1.807, 2.05) is 0 Å². The standard InChI is InChI=1S/C9H8N6O3/c10-8(13-16)7-4-6(15(17)18)5-11-9(7)14-3-1-2-12-14/h1-5,16H,(H2,10,13). The van der Waals surface area contributed by atoms with E-state index in [0.717, 1.165) is 6.20 Å². The van der Waals surface area contributed by atoms with Crippen molar-refractivity contribution in [3.63, 3.8) is 0 Å². The molecule has 0 aliphatic rings. The van der Waals surface area contributed by atoms with Crippen molar-refractivity contribution in [3.05, 3.63) is 46.4 Å². The highest BCUT2D eigenvalue weighted by Gasteiger charge is 2.16. The summed E-state index contributed by atoms with van der Waals surface area (Å²) in [5, 5.41) is 26.1. The Morgan fingerprint density at radius 2 is 2.39 bits per heavy atom. The third-order valence-corrected chi connectivity index (χ3v) is 2.17. The second-order valence-corrected chi connectivity index (χ2v) is 3.26. The van der Waals surface area contributed by atoms with Crippen LogP contribution in [0.15, 0.2) is 35.9 Å². The monoisotopic (exact) mass is 248 g/mol. The average Bonchev–Trinajstić information content (AvgIpc) is 2.90. The van der Waals surface area contributed by atoms with E-state index >= 15 is 0 Å². The molecule has 92 valence electrons. The Bertz CT molecular complexity index is 607. The fraction of sp³-hybridized carbons (Fsp3) is 0. The SMILES string of the molecule is NC(=NO)c1cc([N+](=O)[O-])cnc1-n1cccn1. The van der Waals surface area contributed by atoms with E-state index in [1.165, 1.54) is 16.9 Å². The molecule has 9 nitrogen and oxygen atoms in total. The summed E-state index contributed by atoms with van der Waals surface area (Å²) in [4.78, 5) is 13.9. The predicted molar refractivity (Wildman–Crippen MR) is 60.5 cm³/mol. The van der Waals surface area contributed by atoms with Crippen molar-refractivity contribution < 1.29 is 10.1 Å². The molecule has 3 N–H and O–H groups in total. The number of nitro groups is 1. The Morgan fingerprint density at radius 3 is 2.94 bits per heavy atom. The van der Waals surface area contributed by atoms with Crippen LogP contribution in [-0.4, -0.2) is 30.7 Å². The fourth-order valence-electron chi connectivity index (χ4n) is 1.37. The highest BCUT2D eigenvalue weighted by Crippen LogP contribution is 2.17. The largest absolute Gasteiger partial charge is 0.409 e. The van der Waals surface area contributed by atoms with Crippen LogP contribution in [0.5, 0.6) is 0 Å². The zero-order valence-electron chi connectivity index (χ0n) is 8.96. The molecule has 9 heteroatoms. The quantitative estimate of drug-likeness (QED) is 0.263. The second kappa shape index (κ2) is 4.49. The molecule has 0 fully saturated rings. The molecule has 0 spiro atoms. The van der Waals surface area contributed by atoms with Crippen LogP contribution in [0, 0.1) is 10.1 Å². The summed E-state index contributed by atoms with van der Waals surface area (Å²) in [6.45, 7) is 0. The predicted octanol–water partition coefficient (Wildman–Crippen LogP) is 0.270. The van der Waals surface area contributed by atoms with Gasteiger partial charge in [0, 0.05) is 18.5 Å². The molecule has 2 heterocycles. The van der Waals surface area contributed by atoms with E-state index in [1.54, 1.807) is 12.3 Å². The van der Waals surface area contributed by atoms with Gasteiger partial charge in [-0.05, 0) is 6.07 Å². The number of aromatic nitrogens is 3. The lowest BCUT2D eigenvalue weighted by atomic mass is 10.2. The van der Waals surface area contributed by atoms with E-state index in [0.29, 0.717) is 0 Å². The van der Waals surface area contributed by atoms with E-state index in [2.05, 4.69) is 15.2 Å². The number of nitrogens with two attached hydrogens (primary N) is 1. The number of pyridine rings is 1. The van der Waals surface area contributed by atoms with Crippen LogP contribution in [0.1, 0.15) is 5.56 Å². The lowest BCUT2D eigenvalue weighted by molar-refractivity contribution is -0.385. The van der Waals surface area contributed by atoms with Gasteiger partial charge in [0.2, 0.25) is 0 Å². The third kappa shape index (κ3) is 1.96. The highest BCUT2D eigenvalue weighted by molar-refractivity contribution is 6.00. The normalized spacial score (nSPS) is 11.4. The van der Waals surface area contributed by atoms with Gasteiger partial charge in [-0.1, -0.05) is 5.16 Å². The van der Waals surface area contributed by atoms with Crippen molar-refractivity contribution in [1.82, 2.24) is 14.8 Å². The maximum Gasteiger partial charge on any atom is 0.288 e. The Labute approximate surface area is 100 Å². The Morgan fingerprint density at radius 1 is 1.61 bits per heavy atom. The molecule has 2 aromatic heterocycles. The van der Waals surface area contributed by atoms with Crippen LogP contribution >= 0.6 is 0 Å². The van der Waals surface area contributed by atoms with Gasteiger partial charge in [-0.2, -0.15) is 5.10 Å². The first kappa shape index (κ1) is 11.5. The van der Waals surface area contributed by atoms with Crippen molar-refractivity contribution in [1.29, 1.82) is 0 Å². The molecule has 2 rings (SSSR count). The molecular formula is C9H8N6O3. The molecule has 0 aliphatic heterocycles. The van der Waals surface area contributed by atoms with Crippen molar-refractivity contribution in [2.45, 2.75) is 0 Å². The molecule has 0 amide bonds. The molecule has 2 aromatic rings. The summed E-state index contributed by atoms with van der Waals surface area (Å²) in [6, 6.07) is 2.82. The summed E-state index contributed by atoms with van der Waals surface area (Å²) in [5.41, 5.74) is 5.33. The van der Waals surface area contributed by atoms with Gasteiger partial charge >= 0.3 is 0 Å². The first-order chi connectivity index (χ1) is 8.63. The van der Waals surface area contributed by atoms with Gasteiger partial charge in [0.25, 0.3) is 5.69 Å². The van der Waals surface area contributed by atoms with Crippen molar-refractivity contribution in [3.8, 4) is 5.82 Å². The van der Waals surface area contributed by atoms with Crippen molar-refractivity contribution >= 4 is 11.5 Å². The number of rotatable bonds is 3. The molecule has 0 radical (unpaired) electrons. The first-order valence-electron chi connectivity index (χ1n) is 4.76. The minimum atomic E-state index is -0.617. The number of amidine groups is 1. The van der Waals surface area contributed by atoms with Crippen LogP contribution < -0.4 is 5.73 Å². The topological polar surface area (TPSA) is 132 Å². The van der Waals surface area contributed by atoms with Gasteiger partial charge in [-0.3, -0.25) is 10.1 Å². The molecular weight excluding hydrogens is 240 g/mol. The first-order valence-corrected chi connectivity index (χ1v) is 4.76. The highest BCUT2D eigenvalue weighted by atomic mass is 16.6. The lowest BCUT2D eigenvalue weighted by Crippen LogP contribution is -2.18. The minimum Gasteiger partial charge on any atom is -0.409 e. The molecule has 0 aliphatic carbocycles. The van der Waals surface area contributed by atoms with Crippen LogP contribution in [-0.2, 0) is 0 Å². The summed E-state index contributed by atoms with van der Waals surface area (Å²) < 4.78 is 1.36. The zero-order chi connectivity index (χ0) is 13.1. The van der Waals surface area contributed by atoms with E-state index in [9.17, 15) is 10.1 Å². The Hall–Kier alpha value is -2.97. The van der Waals surface area contributed by atoms with Gasteiger partial charge in [0.15, 0.2) is 11.7 Å². The molecule has 0 atom stereocenters. The Kier molecular flexibility index (Phi) is 2.87. The van der Waals surface area contributed by atoms with Gasteiger partial charge in [0.05, 0.1) is 10.5 Å². The van der Waals surface area contributed by atoms with Gasteiger partial charge < -0.3 is 10.9 Å². The number of hydrogen-bond acceptors (Lipinski definition) is 6. The maximum absolute atomic E-state index is 10.7. The molecule has 0 bridgehead atoms. The van der Waals surface area contributed by atoms with E-state index < -0.39 is 4.92 Å². The molecule has 0 saturated heterocycles. The van der Waals surface area contributed by atoms with Crippen molar-refractivity contribution in [2.75, 3.05) is 0 Å². The number of oxime groups is 1. The smallest absolute Gasteiger partial charge is 0.288 e. The third-order valence-electron chi connectivity index (χ3n) is 2.17. The summed E-state index contributed by atoms with van der Waals surface area (Å²) in [7, 11) is 0. The van der Waals surface area contributed by atoms with E-state index in [-0.39, 0.29) is 22.9 Å². The Balaban J connectivity index is 2.63. The van der Waals surface area contributed by atoms with Crippen LogP contribution in [0.25, 0.3) is 5.82 Å². The second-order valence-electron chi connectivity index (χ2n) is 3.26. The fourth-order valence-corrected chi connectivity index (χ4v) is 1.37. The van der Waals surface area contributed by atoms with Gasteiger partial charge in [-0.25, -0.2) is 9.67 Å². The summed E-state index contributed by atoms with van der Waals surface area (Å²) in [5.74, 6) is -0.0439. The molecule has 18 heavy (non-hydrogen) atoms. The number of hydrogen-bond donors (Lipinski definition) is 2. The van der Waals surface area contributed by atoms with Gasteiger partial charge in [0.1, 0.15) is 6.20 Å². The molecule has 0 aromatic carbocycles. The summed E-state index contributed by atoms with van der Waals surface area (Å²) in [6.07, 6.45) is 4.17. The number of nitrogens with zero attached hydrogens (tertiary/aromatic N) is 5. The average molecular weight is 248 g/mol. The van der Waals surface area contributed by atoms with Crippen LogP contribution in [0.2, 0.25) is 0 Å². The van der Waals surface area contributed by atoms with Crippen molar-refractivity contribution in [2.24, 2.45) is 10.9 Å². The van der Waals surface area contributed by atoms with E-state index in [4.69, 9.17) is 10.9 Å². The van der Waals surface area contributed by atoms with Crippen LogP contribution in [0.4, 0.5) is 5.69 Å². The summed E-state index contributed by atoms with van der Waals surface area (Å²) >= 11 is 0. The van der Waals surface area contributed by atoms with Crippen LogP contribution in [0.3, 0.4) is 0 Å². The van der Waals surface area contributed by atoms with Gasteiger partial charge in [-0.15, -0.1) is 0 Å².